The lowest BCUT2D eigenvalue weighted by Gasteiger charge is -2.04. The van der Waals surface area contributed by atoms with Gasteiger partial charge < -0.3 is 10.3 Å². The van der Waals surface area contributed by atoms with Crippen molar-refractivity contribution < 1.29 is 4.79 Å². The number of anilines is 1. The van der Waals surface area contributed by atoms with E-state index in [1.165, 1.54) is 11.3 Å². The Hall–Kier alpha value is -2.08. The van der Waals surface area contributed by atoms with E-state index in [-0.39, 0.29) is 5.91 Å². The van der Waals surface area contributed by atoms with Gasteiger partial charge in [0.2, 0.25) is 0 Å². The molecular weight excluding hydrogens is 332 g/mol. The molecule has 6 heteroatoms. The molecule has 3 rings (SSSR count). The minimum Gasteiger partial charge on any atom is -0.358 e. The number of H-pyrrole nitrogens is 1. The molecule has 2 N–H and O–H groups in total. The van der Waals surface area contributed by atoms with Gasteiger partial charge in [-0.1, -0.05) is 46.4 Å². The molecule has 0 fully saturated rings. The zero-order valence-corrected chi connectivity index (χ0v) is 16.1. The van der Waals surface area contributed by atoms with Crippen LogP contribution < -0.4 is 5.32 Å². The number of hydrogen-bond donors (Lipinski definition) is 2. The van der Waals surface area contributed by atoms with Gasteiger partial charge in [0.15, 0.2) is 5.16 Å². The number of aromatic amines is 1. The molecular formula is C19H24N4OS. The van der Waals surface area contributed by atoms with Crippen LogP contribution in [0.15, 0.2) is 17.4 Å². The number of hydrogen-bond acceptors (Lipinski definition) is 4. The van der Waals surface area contributed by atoms with Crippen LogP contribution in [-0.2, 0) is 4.79 Å². The third-order valence-electron chi connectivity index (χ3n) is 4.24. The second kappa shape index (κ2) is 7.04. The van der Waals surface area contributed by atoms with Crippen LogP contribution in [0.2, 0.25) is 0 Å². The molecule has 1 amide bonds. The molecule has 0 saturated heterocycles. The second-order valence-electron chi connectivity index (χ2n) is 6.76. The standard InChI is InChI=1S/C19H24N4OS/c1-6-25-19-20-9-14-13(18(24)22-17(14)23-19)8-16-12(10(2)3)7-15(21-16)11(4)5/h7-11,21H,6H2,1-5H3,(H,20,22,23,24). The van der Waals surface area contributed by atoms with Gasteiger partial charge in [-0.15, -0.1) is 0 Å². The lowest BCUT2D eigenvalue weighted by molar-refractivity contribution is -0.110. The minimum absolute atomic E-state index is 0.127. The van der Waals surface area contributed by atoms with Crippen molar-refractivity contribution in [2.24, 2.45) is 0 Å². The third kappa shape index (κ3) is 3.49. The molecule has 0 saturated carbocycles. The fraction of sp³-hybridized carbons (Fsp3) is 0.421. The molecule has 0 aliphatic carbocycles. The van der Waals surface area contributed by atoms with Crippen molar-refractivity contribution >= 4 is 35.1 Å². The van der Waals surface area contributed by atoms with Crippen molar-refractivity contribution in [1.29, 1.82) is 0 Å². The van der Waals surface area contributed by atoms with E-state index in [0.29, 0.717) is 28.4 Å². The zero-order chi connectivity index (χ0) is 18.1. The summed E-state index contributed by atoms with van der Waals surface area (Å²) in [5, 5.41) is 3.55. The van der Waals surface area contributed by atoms with Gasteiger partial charge in [-0.05, 0) is 35.3 Å². The van der Waals surface area contributed by atoms with Crippen molar-refractivity contribution in [3.8, 4) is 0 Å². The van der Waals surface area contributed by atoms with Gasteiger partial charge in [0, 0.05) is 23.1 Å². The number of aromatic nitrogens is 3. The van der Waals surface area contributed by atoms with Crippen LogP contribution in [0.25, 0.3) is 11.6 Å². The summed E-state index contributed by atoms with van der Waals surface area (Å²) in [6.07, 6.45) is 3.67. The summed E-state index contributed by atoms with van der Waals surface area (Å²) in [5.74, 6) is 2.15. The average Bonchev–Trinajstić information content (AvgIpc) is 3.10. The molecule has 25 heavy (non-hydrogen) atoms. The first-order chi connectivity index (χ1) is 11.9. The largest absolute Gasteiger partial charge is 0.358 e. The fourth-order valence-corrected chi connectivity index (χ4v) is 3.40. The minimum atomic E-state index is -0.127. The van der Waals surface area contributed by atoms with E-state index in [0.717, 1.165) is 17.0 Å². The molecule has 0 bridgehead atoms. The van der Waals surface area contributed by atoms with Crippen LogP contribution in [0, 0.1) is 0 Å². The average molecular weight is 356 g/mol. The first kappa shape index (κ1) is 17.7. The Bertz CT molecular complexity index is 836. The summed E-state index contributed by atoms with van der Waals surface area (Å²) in [7, 11) is 0. The Morgan fingerprint density at radius 3 is 2.64 bits per heavy atom. The van der Waals surface area contributed by atoms with E-state index >= 15 is 0 Å². The van der Waals surface area contributed by atoms with Crippen molar-refractivity contribution in [3.63, 3.8) is 0 Å². The molecule has 2 aromatic rings. The highest BCUT2D eigenvalue weighted by atomic mass is 32.2. The van der Waals surface area contributed by atoms with Crippen molar-refractivity contribution in [2.75, 3.05) is 11.1 Å². The monoisotopic (exact) mass is 356 g/mol. The van der Waals surface area contributed by atoms with Crippen LogP contribution in [0.4, 0.5) is 5.82 Å². The number of nitrogens with zero attached hydrogens (tertiary/aromatic N) is 2. The first-order valence-electron chi connectivity index (χ1n) is 8.66. The van der Waals surface area contributed by atoms with Gasteiger partial charge in [-0.25, -0.2) is 9.97 Å². The SMILES string of the molecule is CCSc1ncc2c(n1)NC(=O)C2=Cc1[nH]c(C(C)C)cc1C(C)C. The summed E-state index contributed by atoms with van der Waals surface area (Å²) >= 11 is 1.56. The van der Waals surface area contributed by atoms with Crippen LogP contribution in [0.5, 0.6) is 0 Å². The van der Waals surface area contributed by atoms with E-state index in [4.69, 9.17) is 0 Å². The maximum Gasteiger partial charge on any atom is 0.257 e. The van der Waals surface area contributed by atoms with Gasteiger partial charge in [-0.2, -0.15) is 0 Å². The van der Waals surface area contributed by atoms with E-state index < -0.39 is 0 Å². The smallest absolute Gasteiger partial charge is 0.257 e. The molecule has 2 aromatic heterocycles. The normalized spacial score (nSPS) is 15.3. The lowest BCUT2D eigenvalue weighted by Crippen LogP contribution is -2.04. The Balaban J connectivity index is 2.04. The topological polar surface area (TPSA) is 70.7 Å². The van der Waals surface area contributed by atoms with E-state index in [1.54, 1.807) is 18.0 Å². The lowest BCUT2D eigenvalue weighted by atomic mass is 10.00. The summed E-state index contributed by atoms with van der Waals surface area (Å²) in [6, 6.07) is 2.20. The number of carbonyl (C=O) groups excluding carboxylic acids is 1. The van der Waals surface area contributed by atoms with E-state index in [2.05, 4.69) is 61.0 Å². The Morgan fingerprint density at radius 2 is 2.00 bits per heavy atom. The van der Waals surface area contributed by atoms with Gasteiger partial charge in [0.05, 0.1) is 5.57 Å². The molecule has 0 radical (unpaired) electrons. The molecule has 0 aromatic carbocycles. The number of thioether (sulfide) groups is 1. The van der Waals surface area contributed by atoms with Gasteiger partial charge in [-0.3, -0.25) is 4.79 Å². The molecule has 0 unspecified atom stereocenters. The molecule has 0 spiro atoms. The molecule has 132 valence electrons. The summed E-state index contributed by atoms with van der Waals surface area (Å²) in [5.41, 5.74) is 4.77. The second-order valence-corrected chi connectivity index (χ2v) is 7.99. The molecule has 1 aliphatic rings. The highest BCUT2D eigenvalue weighted by Gasteiger charge is 2.27. The third-order valence-corrected chi connectivity index (χ3v) is 4.98. The van der Waals surface area contributed by atoms with Crippen molar-refractivity contribution in [2.45, 2.75) is 51.6 Å². The van der Waals surface area contributed by atoms with Gasteiger partial charge in [0.25, 0.3) is 5.91 Å². The first-order valence-corrected chi connectivity index (χ1v) is 9.65. The van der Waals surface area contributed by atoms with Crippen LogP contribution in [0.3, 0.4) is 0 Å². The summed E-state index contributed by atoms with van der Waals surface area (Å²) < 4.78 is 0. The fourth-order valence-electron chi connectivity index (χ4n) is 2.86. The molecule has 1 aliphatic heterocycles. The van der Waals surface area contributed by atoms with Gasteiger partial charge in [0.1, 0.15) is 5.82 Å². The maximum atomic E-state index is 12.5. The molecule has 3 heterocycles. The predicted octanol–water partition coefficient (Wildman–Crippen LogP) is 4.66. The maximum absolute atomic E-state index is 12.5. The number of carbonyl (C=O) groups is 1. The number of amides is 1. The van der Waals surface area contributed by atoms with E-state index in [1.807, 2.05) is 6.08 Å². The van der Waals surface area contributed by atoms with Crippen molar-refractivity contribution in [3.05, 3.63) is 34.8 Å². The number of rotatable bonds is 5. The van der Waals surface area contributed by atoms with Crippen LogP contribution in [0.1, 0.15) is 69.0 Å². The van der Waals surface area contributed by atoms with E-state index in [9.17, 15) is 4.79 Å². The van der Waals surface area contributed by atoms with Gasteiger partial charge >= 0.3 is 0 Å². The number of fused-ring (bicyclic) bond motifs is 1. The van der Waals surface area contributed by atoms with Crippen LogP contribution in [-0.4, -0.2) is 26.6 Å². The zero-order valence-electron chi connectivity index (χ0n) is 15.3. The Kier molecular flexibility index (Phi) is 4.99. The summed E-state index contributed by atoms with van der Waals surface area (Å²) in [6.45, 7) is 10.7. The molecule has 5 nitrogen and oxygen atoms in total. The quantitative estimate of drug-likeness (QED) is 0.464. The van der Waals surface area contributed by atoms with Crippen molar-refractivity contribution in [1.82, 2.24) is 15.0 Å². The molecule has 0 atom stereocenters. The van der Waals surface area contributed by atoms with Crippen LogP contribution >= 0.6 is 11.8 Å². The Labute approximate surface area is 152 Å². The predicted molar refractivity (Wildman–Crippen MR) is 104 cm³/mol. The summed E-state index contributed by atoms with van der Waals surface area (Å²) in [4.78, 5) is 24.7. The highest BCUT2D eigenvalue weighted by molar-refractivity contribution is 7.99. The Morgan fingerprint density at radius 1 is 1.24 bits per heavy atom. The number of nitrogens with one attached hydrogen (secondary N) is 2. The highest BCUT2D eigenvalue weighted by Crippen LogP contribution is 2.34.